The summed E-state index contributed by atoms with van der Waals surface area (Å²) in [5, 5.41) is 4.27. The summed E-state index contributed by atoms with van der Waals surface area (Å²) in [7, 11) is 3.12. The van der Waals surface area contributed by atoms with Gasteiger partial charge in [-0.25, -0.2) is 0 Å². The van der Waals surface area contributed by atoms with E-state index >= 15 is 0 Å². The first kappa shape index (κ1) is 12.8. The highest BCUT2D eigenvalue weighted by Crippen LogP contribution is 2.22. The number of nitrogens with one attached hydrogen (secondary N) is 1. The lowest BCUT2D eigenvalue weighted by Gasteiger charge is -2.29. The van der Waals surface area contributed by atoms with Gasteiger partial charge in [0.1, 0.15) is 5.69 Å². The highest BCUT2D eigenvalue weighted by atomic mass is 33.1. The summed E-state index contributed by atoms with van der Waals surface area (Å²) in [6, 6.07) is 2.07. The van der Waals surface area contributed by atoms with Crippen molar-refractivity contribution in [2.75, 3.05) is 20.1 Å². The molecule has 7 heteroatoms. The first-order chi connectivity index (χ1) is 8.22. The summed E-state index contributed by atoms with van der Waals surface area (Å²) < 4.78 is 4.45. The minimum atomic E-state index is -0.138. The van der Waals surface area contributed by atoms with Gasteiger partial charge in [0.15, 0.2) is 0 Å². The van der Waals surface area contributed by atoms with Gasteiger partial charge in [-0.1, -0.05) is 11.7 Å². The molecule has 1 aliphatic rings. The van der Waals surface area contributed by atoms with Gasteiger partial charge in [0.25, 0.3) is 5.91 Å². The van der Waals surface area contributed by atoms with Crippen molar-refractivity contribution in [2.24, 2.45) is 0 Å². The summed E-state index contributed by atoms with van der Waals surface area (Å²) in [5.41, 5.74) is 0.612. The third kappa shape index (κ3) is 2.97. The van der Waals surface area contributed by atoms with Crippen molar-refractivity contribution in [1.82, 2.24) is 19.4 Å². The summed E-state index contributed by atoms with van der Waals surface area (Å²) in [6.07, 6.45) is 3.75. The molecule has 0 radical (unpaired) electrons. The molecule has 1 N–H and O–H groups in total. The van der Waals surface area contributed by atoms with Crippen LogP contribution in [0.15, 0.2) is 12.3 Å². The number of rotatable bonds is 3. The maximum Gasteiger partial charge on any atom is 0.280 e. The predicted molar refractivity (Wildman–Crippen MR) is 72.0 cm³/mol. The van der Waals surface area contributed by atoms with Crippen LogP contribution in [0.25, 0.3) is 0 Å². The zero-order valence-corrected chi connectivity index (χ0v) is 11.4. The normalized spacial score (nSPS) is 18.2. The number of aromatic nitrogens is 2. The SMILES string of the molecule is CN1CCC(n2nccc2C(=O)NSS)CC1. The molecule has 1 aromatic heterocycles. The smallest absolute Gasteiger partial charge is 0.280 e. The molecule has 1 saturated heterocycles. The Morgan fingerprint density at radius 2 is 2.29 bits per heavy atom. The summed E-state index contributed by atoms with van der Waals surface area (Å²) >= 11 is 3.91. The zero-order chi connectivity index (χ0) is 12.3. The van der Waals surface area contributed by atoms with Gasteiger partial charge >= 0.3 is 0 Å². The van der Waals surface area contributed by atoms with Gasteiger partial charge in [-0.3, -0.25) is 14.2 Å². The number of piperidine rings is 1. The molecule has 0 spiro atoms. The van der Waals surface area contributed by atoms with Gasteiger partial charge in [-0.05, 0) is 39.0 Å². The van der Waals surface area contributed by atoms with Crippen molar-refractivity contribution in [1.29, 1.82) is 0 Å². The van der Waals surface area contributed by atoms with Crippen molar-refractivity contribution < 1.29 is 4.79 Å². The molecule has 94 valence electrons. The van der Waals surface area contributed by atoms with Crippen molar-refractivity contribution in [3.05, 3.63) is 18.0 Å². The Bertz CT molecular complexity index is 387. The number of hydrogen-bond donors (Lipinski definition) is 2. The molecule has 1 amide bonds. The van der Waals surface area contributed by atoms with E-state index in [-0.39, 0.29) is 5.91 Å². The Morgan fingerprint density at radius 3 is 2.94 bits per heavy atom. The summed E-state index contributed by atoms with van der Waals surface area (Å²) in [4.78, 5) is 14.1. The standard InChI is InChI=1S/C10H16N4OS2/c1-13-6-3-8(4-7-13)14-9(2-5-11-14)10(15)12-17-16/h2,5,8,16H,3-4,6-7H2,1H3,(H,12,15). The second-order valence-corrected chi connectivity index (χ2v) is 5.15. The van der Waals surface area contributed by atoms with E-state index in [4.69, 9.17) is 0 Å². The van der Waals surface area contributed by atoms with Crippen LogP contribution in [-0.4, -0.2) is 40.7 Å². The van der Waals surface area contributed by atoms with Crippen LogP contribution in [0.2, 0.25) is 0 Å². The second kappa shape index (κ2) is 5.79. The van der Waals surface area contributed by atoms with Gasteiger partial charge < -0.3 is 4.90 Å². The van der Waals surface area contributed by atoms with Crippen molar-refractivity contribution in [3.8, 4) is 0 Å². The second-order valence-electron chi connectivity index (χ2n) is 4.22. The molecular weight excluding hydrogens is 256 g/mol. The molecule has 0 unspecified atom stereocenters. The van der Waals surface area contributed by atoms with Crippen LogP contribution in [0.4, 0.5) is 0 Å². The number of amides is 1. The van der Waals surface area contributed by atoms with E-state index in [0.717, 1.165) is 36.9 Å². The van der Waals surface area contributed by atoms with Crippen LogP contribution < -0.4 is 4.72 Å². The summed E-state index contributed by atoms with van der Waals surface area (Å²) in [5.74, 6) is -0.138. The van der Waals surface area contributed by atoms with Crippen LogP contribution in [0.1, 0.15) is 29.4 Å². The van der Waals surface area contributed by atoms with Crippen molar-refractivity contribution in [2.45, 2.75) is 18.9 Å². The number of nitrogens with zero attached hydrogens (tertiary/aromatic N) is 3. The number of carbonyl (C=O) groups excluding carboxylic acids is 1. The fourth-order valence-corrected chi connectivity index (χ4v) is 2.55. The highest BCUT2D eigenvalue weighted by molar-refractivity contribution is 8.68. The Labute approximate surface area is 110 Å². The van der Waals surface area contributed by atoms with Gasteiger partial charge in [0, 0.05) is 17.2 Å². The molecule has 1 aliphatic heterocycles. The first-order valence-corrected chi connectivity index (χ1v) is 7.42. The van der Waals surface area contributed by atoms with Crippen LogP contribution >= 0.6 is 22.6 Å². The third-order valence-electron chi connectivity index (χ3n) is 3.08. The molecule has 2 heterocycles. The maximum atomic E-state index is 11.8. The summed E-state index contributed by atoms with van der Waals surface area (Å²) in [6.45, 7) is 2.10. The molecule has 2 rings (SSSR count). The molecular formula is C10H16N4OS2. The van der Waals surface area contributed by atoms with Crippen molar-refractivity contribution >= 4 is 28.5 Å². The predicted octanol–water partition coefficient (Wildman–Crippen LogP) is 1.37. The molecule has 0 aromatic carbocycles. The van der Waals surface area contributed by atoms with E-state index < -0.39 is 0 Å². The lowest BCUT2D eigenvalue weighted by atomic mass is 10.1. The van der Waals surface area contributed by atoms with Gasteiger partial charge in [-0.2, -0.15) is 5.10 Å². The number of thiol groups is 1. The minimum Gasteiger partial charge on any atom is -0.306 e. The molecule has 1 fully saturated rings. The van der Waals surface area contributed by atoms with Crippen LogP contribution in [-0.2, 0) is 0 Å². The Morgan fingerprint density at radius 1 is 1.59 bits per heavy atom. The van der Waals surface area contributed by atoms with E-state index in [1.54, 1.807) is 12.3 Å². The molecule has 0 atom stereocenters. The lowest BCUT2D eigenvalue weighted by molar-refractivity contribution is 0.0967. The molecule has 5 nitrogen and oxygen atoms in total. The van der Waals surface area contributed by atoms with Gasteiger partial charge in [0.05, 0.1) is 6.04 Å². The van der Waals surface area contributed by atoms with E-state index in [9.17, 15) is 4.79 Å². The number of carbonyl (C=O) groups is 1. The fraction of sp³-hybridized carbons (Fsp3) is 0.600. The highest BCUT2D eigenvalue weighted by Gasteiger charge is 2.22. The lowest BCUT2D eigenvalue weighted by Crippen LogP contribution is -2.33. The quantitative estimate of drug-likeness (QED) is 0.496. The van der Waals surface area contributed by atoms with E-state index in [1.807, 2.05) is 4.68 Å². The minimum absolute atomic E-state index is 0.138. The topological polar surface area (TPSA) is 50.2 Å². The van der Waals surface area contributed by atoms with Gasteiger partial charge in [-0.15, -0.1) is 0 Å². The Balaban J connectivity index is 2.10. The van der Waals surface area contributed by atoms with E-state index in [0.29, 0.717) is 11.7 Å². The average Bonchev–Trinajstić information content (AvgIpc) is 2.79. The molecule has 0 aliphatic carbocycles. The maximum absolute atomic E-state index is 11.8. The molecule has 17 heavy (non-hydrogen) atoms. The van der Waals surface area contributed by atoms with Crippen molar-refractivity contribution in [3.63, 3.8) is 0 Å². The molecule has 0 saturated carbocycles. The zero-order valence-electron chi connectivity index (χ0n) is 9.67. The Hall–Kier alpha value is -0.660. The average molecular weight is 272 g/mol. The van der Waals surface area contributed by atoms with Crippen LogP contribution in [0, 0.1) is 0 Å². The van der Waals surface area contributed by atoms with E-state index in [2.05, 4.69) is 33.4 Å². The largest absolute Gasteiger partial charge is 0.306 e. The van der Waals surface area contributed by atoms with Gasteiger partial charge in [0.2, 0.25) is 0 Å². The molecule has 1 aromatic rings. The number of likely N-dealkylation sites (tertiary alicyclic amines) is 1. The first-order valence-electron chi connectivity index (χ1n) is 5.55. The third-order valence-corrected chi connectivity index (χ3v) is 3.63. The van der Waals surface area contributed by atoms with Crippen LogP contribution in [0.3, 0.4) is 0 Å². The molecule has 0 bridgehead atoms. The van der Waals surface area contributed by atoms with E-state index in [1.165, 1.54) is 0 Å². The fourth-order valence-electron chi connectivity index (χ4n) is 2.12. The monoisotopic (exact) mass is 272 g/mol. The number of hydrogen-bond acceptors (Lipinski definition) is 5. The Kier molecular flexibility index (Phi) is 4.36. The van der Waals surface area contributed by atoms with Crippen LogP contribution in [0.5, 0.6) is 0 Å².